The molecule has 0 atom stereocenters. The summed E-state index contributed by atoms with van der Waals surface area (Å²) in [5.74, 6) is 0.275. The zero-order valence-corrected chi connectivity index (χ0v) is 10.9. The highest BCUT2D eigenvalue weighted by molar-refractivity contribution is 6.60. The van der Waals surface area contributed by atoms with Gasteiger partial charge in [0.1, 0.15) is 5.75 Å². The molecule has 0 bridgehead atoms. The van der Waals surface area contributed by atoms with Crippen molar-refractivity contribution in [2.75, 3.05) is 21.3 Å². The second-order valence-electron chi connectivity index (χ2n) is 3.47. The van der Waals surface area contributed by atoms with Gasteiger partial charge in [0.25, 0.3) is 0 Å². The van der Waals surface area contributed by atoms with Crippen molar-refractivity contribution in [1.82, 2.24) is 0 Å². The molecule has 0 aromatic heterocycles. The average molecular weight is 242 g/mol. The first-order valence-electron chi connectivity index (χ1n) is 5.09. The van der Waals surface area contributed by atoms with E-state index in [9.17, 15) is 5.11 Å². The first-order valence-corrected chi connectivity index (χ1v) is 7.02. The summed E-state index contributed by atoms with van der Waals surface area (Å²) in [4.78, 5) is 0. The maximum Gasteiger partial charge on any atom is 0.500 e. The van der Waals surface area contributed by atoms with Gasteiger partial charge in [-0.05, 0) is 24.1 Å². The van der Waals surface area contributed by atoms with Gasteiger partial charge in [-0.2, -0.15) is 0 Å². The molecule has 0 unspecified atom stereocenters. The predicted molar refractivity (Wildman–Crippen MR) is 63.4 cm³/mol. The van der Waals surface area contributed by atoms with E-state index in [1.165, 1.54) is 0 Å². The minimum atomic E-state index is -2.50. The highest BCUT2D eigenvalue weighted by atomic mass is 28.4. The van der Waals surface area contributed by atoms with Gasteiger partial charge < -0.3 is 18.4 Å². The van der Waals surface area contributed by atoms with Crippen molar-refractivity contribution in [3.05, 3.63) is 29.8 Å². The summed E-state index contributed by atoms with van der Waals surface area (Å²) in [5.41, 5.74) is 1.04. The van der Waals surface area contributed by atoms with Gasteiger partial charge in [0, 0.05) is 27.4 Å². The number of benzene rings is 1. The lowest BCUT2D eigenvalue weighted by Gasteiger charge is -2.24. The van der Waals surface area contributed by atoms with Gasteiger partial charge in [0.2, 0.25) is 0 Å². The zero-order chi connectivity index (χ0) is 12.0. The minimum absolute atomic E-state index is 0.275. The Morgan fingerprint density at radius 3 is 2.25 bits per heavy atom. The Morgan fingerprint density at radius 2 is 1.75 bits per heavy atom. The van der Waals surface area contributed by atoms with Gasteiger partial charge in [-0.25, -0.2) is 0 Å². The van der Waals surface area contributed by atoms with Crippen LogP contribution in [0.15, 0.2) is 24.3 Å². The lowest BCUT2D eigenvalue weighted by atomic mass is 10.2. The molecule has 4 nitrogen and oxygen atoms in total. The lowest BCUT2D eigenvalue weighted by molar-refractivity contribution is 0.123. The van der Waals surface area contributed by atoms with E-state index >= 15 is 0 Å². The van der Waals surface area contributed by atoms with Crippen LogP contribution in [-0.4, -0.2) is 35.2 Å². The standard InChI is InChI=1S/C11H18O4Si/c1-13-16(14-2,15-3)8-7-10-5-4-6-11(12)9-10/h4-6,9,12H,7-8H2,1-3H3. The van der Waals surface area contributed by atoms with Gasteiger partial charge in [-0.1, -0.05) is 12.1 Å². The van der Waals surface area contributed by atoms with Crippen LogP contribution < -0.4 is 0 Å². The maximum atomic E-state index is 9.33. The Balaban J connectivity index is 2.62. The average Bonchev–Trinajstić information content (AvgIpc) is 2.32. The third-order valence-electron chi connectivity index (χ3n) is 2.56. The molecule has 0 aliphatic carbocycles. The maximum absolute atomic E-state index is 9.33. The highest BCUT2D eigenvalue weighted by Crippen LogP contribution is 2.18. The second kappa shape index (κ2) is 6.00. The molecule has 0 fully saturated rings. The monoisotopic (exact) mass is 242 g/mol. The number of hydrogen-bond acceptors (Lipinski definition) is 4. The highest BCUT2D eigenvalue weighted by Gasteiger charge is 2.37. The Hall–Kier alpha value is -0.883. The Bertz CT molecular complexity index is 317. The van der Waals surface area contributed by atoms with Crippen molar-refractivity contribution in [2.45, 2.75) is 12.5 Å². The molecule has 1 aromatic carbocycles. The predicted octanol–water partition coefficient (Wildman–Crippen LogP) is 1.81. The molecule has 1 N–H and O–H groups in total. The zero-order valence-electron chi connectivity index (χ0n) is 9.90. The summed E-state index contributed by atoms with van der Waals surface area (Å²) in [6.07, 6.45) is 0.760. The smallest absolute Gasteiger partial charge is 0.500 e. The van der Waals surface area contributed by atoms with E-state index in [4.69, 9.17) is 13.3 Å². The minimum Gasteiger partial charge on any atom is -0.508 e. The molecule has 1 aromatic rings. The molecule has 1 rings (SSSR count). The van der Waals surface area contributed by atoms with Crippen LogP contribution >= 0.6 is 0 Å². The summed E-state index contributed by atoms with van der Waals surface area (Å²) in [7, 11) is 2.30. The van der Waals surface area contributed by atoms with Crippen LogP contribution in [0.3, 0.4) is 0 Å². The van der Waals surface area contributed by atoms with E-state index < -0.39 is 8.80 Å². The number of aromatic hydroxyl groups is 1. The van der Waals surface area contributed by atoms with Crippen LogP contribution in [0.25, 0.3) is 0 Å². The van der Waals surface area contributed by atoms with E-state index in [1.807, 2.05) is 12.1 Å². The van der Waals surface area contributed by atoms with E-state index in [1.54, 1.807) is 33.5 Å². The van der Waals surface area contributed by atoms with Gasteiger partial charge in [-0.15, -0.1) is 0 Å². The fraction of sp³-hybridized carbons (Fsp3) is 0.455. The third-order valence-corrected chi connectivity index (χ3v) is 5.29. The fourth-order valence-electron chi connectivity index (χ4n) is 1.57. The topological polar surface area (TPSA) is 47.9 Å². The molecule has 90 valence electrons. The summed E-state index contributed by atoms with van der Waals surface area (Å²) in [5, 5.41) is 9.33. The van der Waals surface area contributed by atoms with E-state index in [0.29, 0.717) is 6.04 Å². The Kier molecular flexibility index (Phi) is 4.95. The van der Waals surface area contributed by atoms with Crippen LogP contribution in [0, 0.1) is 0 Å². The summed E-state index contributed by atoms with van der Waals surface area (Å²) in [6.45, 7) is 0. The van der Waals surface area contributed by atoms with E-state index in [-0.39, 0.29) is 5.75 Å². The van der Waals surface area contributed by atoms with Gasteiger partial charge >= 0.3 is 8.80 Å². The molecule has 0 saturated heterocycles. The van der Waals surface area contributed by atoms with Crippen molar-refractivity contribution in [3.8, 4) is 5.75 Å². The van der Waals surface area contributed by atoms with Crippen LogP contribution in [0.2, 0.25) is 6.04 Å². The third kappa shape index (κ3) is 3.31. The van der Waals surface area contributed by atoms with Crippen molar-refractivity contribution >= 4 is 8.80 Å². The molecule has 0 saturated carbocycles. The van der Waals surface area contributed by atoms with E-state index in [2.05, 4.69) is 0 Å². The molecule has 0 aliphatic heterocycles. The van der Waals surface area contributed by atoms with Crippen LogP contribution in [0.4, 0.5) is 0 Å². The number of hydrogen-bond donors (Lipinski definition) is 1. The van der Waals surface area contributed by atoms with E-state index in [0.717, 1.165) is 12.0 Å². The Labute approximate surface area is 97.1 Å². The van der Waals surface area contributed by atoms with Crippen molar-refractivity contribution < 1.29 is 18.4 Å². The number of rotatable bonds is 6. The molecular formula is C11H18O4Si. The van der Waals surface area contributed by atoms with Crippen LogP contribution in [0.1, 0.15) is 5.56 Å². The largest absolute Gasteiger partial charge is 0.508 e. The van der Waals surface area contributed by atoms with Crippen molar-refractivity contribution in [1.29, 1.82) is 0 Å². The fourth-order valence-corrected chi connectivity index (χ4v) is 3.27. The molecule has 0 radical (unpaired) electrons. The summed E-state index contributed by atoms with van der Waals surface area (Å²) in [6, 6.07) is 7.86. The first kappa shape index (κ1) is 13.2. The molecule has 0 heterocycles. The van der Waals surface area contributed by atoms with Crippen LogP contribution in [0.5, 0.6) is 5.75 Å². The van der Waals surface area contributed by atoms with Gasteiger partial charge in [0.15, 0.2) is 0 Å². The molecular weight excluding hydrogens is 224 g/mol. The molecule has 0 amide bonds. The van der Waals surface area contributed by atoms with Crippen LogP contribution in [-0.2, 0) is 19.7 Å². The summed E-state index contributed by atoms with van der Waals surface area (Å²) < 4.78 is 16.0. The quantitative estimate of drug-likeness (QED) is 0.773. The second-order valence-corrected chi connectivity index (χ2v) is 6.56. The Morgan fingerprint density at radius 1 is 1.12 bits per heavy atom. The SMILES string of the molecule is CO[Si](CCc1cccc(O)c1)(OC)OC. The number of aryl methyl sites for hydroxylation is 1. The number of phenolic OH excluding ortho intramolecular Hbond substituents is 1. The lowest BCUT2D eigenvalue weighted by Crippen LogP contribution is -2.43. The molecule has 0 aliphatic rings. The van der Waals surface area contributed by atoms with Crippen molar-refractivity contribution in [2.24, 2.45) is 0 Å². The van der Waals surface area contributed by atoms with Gasteiger partial charge in [-0.3, -0.25) is 0 Å². The van der Waals surface area contributed by atoms with Gasteiger partial charge in [0.05, 0.1) is 0 Å². The normalized spacial score (nSPS) is 11.7. The summed E-state index contributed by atoms with van der Waals surface area (Å²) >= 11 is 0. The molecule has 0 spiro atoms. The molecule has 16 heavy (non-hydrogen) atoms. The first-order chi connectivity index (χ1) is 7.65. The molecule has 5 heteroatoms. The number of phenols is 1. The van der Waals surface area contributed by atoms with Crippen molar-refractivity contribution in [3.63, 3.8) is 0 Å².